The Morgan fingerprint density at radius 2 is 1.58 bits per heavy atom. The van der Waals surface area contributed by atoms with E-state index in [0.717, 1.165) is 62.5 Å². The predicted octanol–water partition coefficient (Wildman–Crippen LogP) is 11.8. The van der Waals surface area contributed by atoms with E-state index in [1.54, 1.807) is 19.1 Å². The van der Waals surface area contributed by atoms with Crippen molar-refractivity contribution in [2.75, 3.05) is 26.9 Å². The normalized spacial score (nSPS) is 28.7. The highest BCUT2D eigenvalue weighted by Crippen LogP contribution is 2.57. The van der Waals surface area contributed by atoms with Crippen LogP contribution < -0.4 is 10.4 Å². The van der Waals surface area contributed by atoms with Gasteiger partial charge in [0.05, 0.1) is 25.4 Å². The van der Waals surface area contributed by atoms with Crippen LogP contribution in [0.25, 0.3) is 11.0 Å². The van der Waals surface area contributed by atoms with Crippen LogP contribution in [-0.4, -0.2) is 65.9 Å². The van der Waals surface area contributed by atoms with Crippen molar-refractivity contribution in [3.8, 4) is 5.75 Å². The molecule has 2 bridgehead atoms. The third kappa shape index (κ3) is 9.71. The Balaban J connectivity index is 1.05. The highest BCUT2D eigenvalue weighted by molar-refractivity contribution is 5.90. The lowest BCUT2D eigenvalue weighted by Crippen LogP contribution is -2.58. The van der Waals surface area contributed by atoms with Crippen molar-refractivity contribution in [1.29, 1.82) is 0 Å². The molecule has 9 atom stereocenters. The highest BCUT2D eigenvalue weighted by Gasteiger charge is 2.57. The second kappa shape index (κ2) is 22.5. The van der Waals surface area contributed by atoms with Gasteiger partial charge in [-0.2, -0.15) is 0 Å². The molecule has 406 valence electrons. The van der Waals surface area contributed by atoms with Gasteiger partial charge in [0, 0.05) is 65.7 Å². The van der Waals surface area contributed by atoms with Crippen LogP contribution in [0.1, 0.15) is 178 Å². The summed E-state index contributed by atoms with van der Waals surface area (Å²) in [5.74, 6) is -1.18. The molecule has 3 aliphatic heterocycles. The fourth-order valence-electron chi connectivity index (χ4n) is 15.4. The molecule has 77 heavy (non-hydrogen) atoms. The smallest absolute Gasteiger partial charge is 0.340 e. The third-order valence-corrected chi connectivity index (χ3v) is 19.3. The summed E-state index contributed by atoms with van der Waals surface area (Å²) in [7, 11) is 1.51. The minimum absolute atomic E-state index is 0.0368. The van der Waals surface area contributed by atoms with Crippen LogP contribution in [0.2, 0.25) is 0 Å². The number of carbonyl (C=O) groups is 2. The first kappa shape index (κ1) is 53.2. The molecular formula is C66H76O11. The average Bonchev–Trinajstić information content (AvgIpc) is 3.58. The largest absolute Gasteiger partial charge is 0.483 e. The Morgan fingerprint density at radius 3 is 2.34 bits per heavy atom. The van der Waals surface area contributed by atoms with Crippen molar-refractivity contribution >= 4 is 22.9 Å². The Hall–Kier alpha value is -5.85. The molecule has 4 aliphatic carbocycles. The molecule has 4 heterocycles. The van der Waals surface area contributed by atoms with Gasteiger partial charge >= 0.3 is 17.6 Å². The molecule has 0 spiro atoms. The van der Waals surface area contributed by atoms with Gasteiger partial charge in [0.1, 0.15) is 16.9 Å². The first-order chi connectivity index (χ1) is 37.5. The monoisotopic (exact) mass is 1040 g/mol. The third-order valence-electron chi connectivity index (χ3n) is 19.3. The Bertz CT molecular complexity index is 3090. The van der Waals surface area contributed by atoms with Crippen LogP contribution in [0.15, 0.2) is 117 Å². The molecule has 4 aromatic carbocycles. The molecule has 3 N–H and O–H groups in total. The van der Waals surface area contributed by atoms with E-state index in [4.69, 9.17) is 23.4 Å². The van der Waals surface area contributed by atoms with Crippen LogP contribution >= 0.6 is 0 Å². The molecule has 11 nitrogen and oxygen atoms in total. The van der Waals surface area contributed by atoms with Crippen molar-refractivity contribution in [1.82, 2.24) is 0 Å². The van der Waals surface area contributed by atoms with E-state index in [1.807, 2.05) is 6.92 Å². The minimum atomic E-state index is -1.31. The molecule has 11 heteroatoms. The predicted molar refractivity (Wildman–Crippen MR) is 295 cm³/mol. The van der Waals surface area contributed by atoms with Crippen molar-refractivity contribution in [3.05, 3.63) is 169 Å². The van der Waals surface area contributed by atoms with Gasteiger partial charge in [-0.3, -0.25) is 4.79 Å². The number of aliphatic hydroxyl groups excluding tert-OH is 3. The Morgan fingerprint density at radius 1 is 0.805 bits per heavy atom. The Labute approximate surface area is 452 Å². The number of ether oxygens (including phenoxy) is 4. The van der Waals surface area contributed by atoms with Crippen molar-refractivity contribution in [2.24, 2.45) is 17.8 Å². The topological polar surface area (TPSA) is 162 Å². The zero-order valence-corrected chi connectivity index (χ0v) is 45.1. The molecule has 7 aliphatic rings. The fourth-order valence-corrected chi connectivity index (χ4v) is 15.4. The molecule has 2 fully saturated rings. The van der Waals surface area contributed by atoms with E-state index in [1.165, 1.54) is 48.6 Å². The number of esters is 2. The molecule has 0 amide bonds. The molecule has 9 unspecified atom stereocenters. The number of hydrogen-bond donors (Lipinski definition) is 3. The first-order valence-corrected chi connectivity index (χ1v) is 28.7. The molecule has 1 aromatic heterocycles. The molecule has 12 rings (SSSR count). The quantitative estimate of drug-likeness (QED) is 0.0528. The lowest BCUT2D eigenvalue weighted by atomic mass is 9.54. The number of benzene rings is 4. The second-order valence-corrected chi connectivity index (χ2v) is 23.4. The van der Waals surface area contributed by atoms with Gasteiger partial charge in [0.2, 0.25) is 0 Å². The average molecular weight is 1050 g/mol. The maximum atomic E-state index is 15.5. The van der Waals surface area contributed by atoms with Gasteiger partial charge in [-0.1, -0.05) is 117 Å². The number of methoxy groups -OCH3 is 1. The fraction of sp³-hybridized carbons (Fsp3) is 0.500. The summed E-state index contributed by atoms with van der Waals surface area (Å²) in [6, 6.07) is 30.2. The highest BCUT2D eigenvalue weighted by atomic mass is 16.6. The van der Waals surface area contributed by atoms with E-state index in [2.05, 4.69) is 84.9 Å². The zero-order valence-electron chi connectivity index (χ0n) is 45.1. The summed E-state index contributed by atoms with van der Waals surface area (Å²) in [5.41, 5.74) is 7.39. The van der Waals surface area contributed by atoms with E-state index >= 15 is 9.59 Å². The number of rotatable bonds is 10. The number of hydrogen-bond acceptors (Lipinski definition) is 11. The van der Waals surface area contributed by atoms with Crippen LogP contribution in [0.4, 0.5) is 0 Å². The van der Waals surface area contributed by atoms with Crippen molar-refractivity contribution < 1.29 is 48.3 Å². The maximum Gasteiger partial charge on any atom is 0.340 e. The van der Waals surface area contributed by atoms with E-state index in [9.17, 15) is 20.1 Å². The molecule has 5 aromatic rings. The van der Waals surface area contributed by atoms with Crippen LogP contribution in [0.5, 0.6) is 5.75 Å². The molecule has 2 saturated carbocycles. The van der Waals surface area contributed by atoms with E-state index in [-0.39, 0.29) is 84.9 Å². The van der Waals surface area contributed by atoms with Crippen molar-refractivity contribution in [3.63, 3.8) is 0 Å². The summed E-state index contributed by atoms with van der Waals surface area (Å²) in [6.07, 6.45) is 15.4. The lowest BCUT2D eigenvalue weighted by molar-refractivity contribution is -0.201. The molecule has 0 saturated heterocycles. The first-order valence-electron chi connectivity index (χ1n) is 28.7. The van der Waals surface area contributed by atoms with Gasteiger partial charge in [-0.25, -0.2) is 9.59 Å². The number of allylic oxidation sites excluding steroid dienone is 2. The Kier molecular flexibility index (Phi) is 15.5. The van der Waals surface area contributed by atoms with Crippen molar-refractivity contribution in [2.45, 2.75) is 164 Å². The number of carbonyl (C=O) groups excluding carboxylic acids is 2. The van der Waals surface area contributed by atoms with Gasteiger partial charge in [0.25, 0.3) is 0 Å². The van der Waals surface area contributed by atoms with E-state index < -0.39 is 47.9 Å². The lowest BCUT2D eigenvalue weighted by Gasteiger charge is -2.50. The number of fused-ring (bicyclic) bond motifs is 14. The van der Waals surface area contributed by atoms with E-state index in [0.29, 0.717) is 46.6 Å². The standard InChI is InChI=1S/C66H76O11/c1-40(37-68)49-27-22-41-20-23-42(24-21-41)50-28-25-43(51-18-12-19-55-52(51)29-26-48-17-10-11-33-66(48,55)47-15-8-5-9-16-47)35-45(50)36-57(70)74-61-59-56(77-65(2,62(61)76-63(49)71)46-13-6-4-7-14-46)31-30-53-54(38-69)58(64(72)75-60(53)59)44(32-34-67)39-73-3/h5,8-9,12,15-16,18-21,23-25,28,30-31,43-46,48,50,61-62,67-69H,4,6-7,10-11,13-14,17,22,26-27,29,32-39H2,1-3H3. The molecule has 0 radical (unpaired) electrons. The minimum Gasteiger partial charge on any atom is -0.483 e. The SMILES string of the molecule is COCC(CCO)c1c(CO)c2ccc3c(c2oc1=O)C1OC(=O)CC2CC(c4cccc5c4CCC4CCCCC54c4ccccc4)C=CC2c2ccc(cc2)CCC(=C(C)CO)C(=O)OC1C(C)(C1CCCCC1)O3. The summed E-state index contributed by atoms with van der Waals surface area (Å²) in [4.78, 5) is 45.0. The zero-order chi connectivity index (χ0) is 53.4. The summed E-state index contributed by atoms with van der Waals surface area (Å²) < 4.78 is 32.8. The molecular weight excluding hydrogens is 969 g/mol. The van der Waals surface area contributed by atoms with Gasteiger partial charge < -0.3 is 38.7 Å². The second-order valence-electron chi connectivity index (χ2n) is 23.4. The van der Waals surface area contributed by atoms with Crippen LogP contribution in [0.3, 0.4) is 0 Å². The van der Waals surface area contributed by atoms with Gasteiger partial charge in [-0.15, -0.1) is 0 Å². The van der Waals surface area contributed by atoms with Gasteiger partial charge in [-0.05, 0) is 147 Å². The number of aryl methyl sites for hydroxylation is 1. The number of aliphatic hydroxyl groups is 3. The van der Waals surface area contributed by atoms with Crippen LogP contribution in [-0.2, 0) is 48.7 Å². The summed E-state index contributed by atoms with van der Waals surface area (Å²) in [6.45, 7) is 2.67. The summed E-state index contributed by atoms with van der Waals surface area (Å²) >= 11 is 0. The van der Waals surface area contributed by atoms with Crippen LogP contribution in [0, 0.1) is 17.8 Å². The maximum absolute atomic E-state index is 15.5. The summed E-state index contributed by atoms with van der Waals surface area (Å²) in [5, 5.41) is 32.2. The van der Waals surface area contributed by atoms with Gasteiger partial charge in [0.15, 0.2) is 12.2 Å².